The predicted molar refractivity (Wildman–Crippen MR) is 96.0 cm³/mol. The van der Waals surface area contributed by atoms with Gasteiger partial charge in [0, 0.05) is 45.8 Å². The molecule has 0 unspecified atom stereocenters. The Kier molecular flexibility index (Phi) is 5.41. The summed E-state index contributed by atoms with van der Waals surface area (Å²) in [7, 11) is 7.05. The molecule has 1 heterocycles. The summed E-state index contributed by atoms with van der Waals surface area (Å²) >= 11 is 6.07. The van der Waals surface area contributed by atoms with Gasteiger partial charge in [0.25, 0.3) is 11.8 Å². The Hall–Kier alpha value is -2.60. The number of hydrogen-bond donors (Lipinski definition) is 1. The van der Waals surface area contributed by atoms with E-state index in [0.717, 1.165) is 5.69 Å². The highest BCUT2D eigenvalue weighted by molar-refractivity contribution is 6.34. The summed E-state index contributed by atoms with van der Waals surface area (Å²) in [6.07, 6.45) is 1.58. The quantitative estimate of drug-likeness (QED) is 0.924. The van der Waals surface area contributed by atoms with E-state index in [1.807, 2.05) is 25.1 Å². The first kappa shape index (κ1) is 17.7. The summed E-state index contributed by atoms with van der Waals surface area (Å²) < 4.78 is 0. The van der Waals surface area contributed by atoms with Crippen molar-refractivity contribution in [3.63, 3.8) is 0 Å². The summed E-state index contributed by atoms with van der Waals surface area (Å²) in [5, 5.41) is 3.07. The highest BCUT2D eigenvalue weighted by atomic mass is 35.5. The fourth-order valence-electron chi connectivity index (χ4n) is 2.02. The van der Waals surface area contributed by atoms with Gasteiger partial charge in [-0.3, -0.25) is 14.6 Å². The number of carbonyl (C=O) groups excluding carboxylic acids is 2. The lowest BCUT2D eigenvalue weighted by molar-refractivity contribution is 0.0827. The third-order valence-electron chi connectivity index (χ3n) is 3.35. The Morgan fingerprint density at radius 2 is 1.79 bits per heavy atom. The molecule has 1 N–H and O–H groups in total. The van der Waals surface area contributed by atoms with Crippen molar-refractivity contribution < 1.29 is 9.59 Å². The minimum absolute atomic E-state index is 0.233. The van der Waals surface area contributed by atoms with E-state index in [4.69, 9.17) is 11.6 Å². The number of amides is 2. The maximum absolute atomic E-state index is 12.4. The molecular weight excluding hydrogens is 328 g/mol. The largest absolute Gasteiger partial charge is 0.378 e. The maximum Gasteiger partial charge on any atom is 0.274 e. The van der Waals surface area contributed by atoms with Crippen molar-refractivity contribution in [2.75, 3.05) is 38.4 Å². The van der Waals surface area contributed by atoms with Crippen LogP contribution in [-0.4, -0.2) is 49.9 Å². The zero-order valence-corrected chi connectivity index (χ0v) is 14.8. The van der Waals surface area contributed by atoms with Crippen LogP contribution in [-0.2, 0) is 0 Å². The average Bonchev–Trinajstić information content (AvgIpc) is 2.55. The van der Waals surface area contributed by atoms with Gasteiger partial charge in [-0.15, -0.1) is 0 Å². The predicted octanol–water partition coefficient (Wildman–Crippen LogP) is 2.76. The molecule has 0 saturated carbocycles. The Morgan fingerprint density at radius 1 is 1.08 bits per heavy atom. The van der Waals surface area contributed by atoms with Crippen molar-refractivity contribution in [2.45, 2.75) is 0 Å². The van der Waals surface area contributed by atoms with Gasteiger partial charge in [-0.25, -0.2) is 0 Å². The van der Waals surface area contributed by atoms with Crippen molar-refractivity contribution in [3.05, 3.63) is 52.8 Å². The number of nitrogens with zero attached hydrogens (tertiary/aromatic N) is 3. The SMILES string of the molecule is CN(C)C(=O)c1cc(NC(=O)c2cc(N(C)C)ccn2)ccc1Cl. The Balaban J connectivity index is 2.25. The van der Waals surface area contributed by atoms with Crippen LogP contribution in [0, 0.1) is 0 Å². The molecule has 126 valence electrons. The van der Waals surface area contributed by atoms with Gasteiger partial charge >= 0.3 is 0 Å². The lowest BCUT2D eigenvalue weighted by Crippen LogP contribution is -2.22. The van der Waals surface area contributed by atoms with E-state index in [1.54, 1.807) is 44.6 Å². The molecule has 0 atom stereocenters. The molecule has 0 aliphatic carbocycles. The summed E-state index contributed by atoms with van der Waals surface area (Å²) in [4.78, 5) is 31.9. The van der Waals surface area contributed by atoms with Crippen LogP contribution in [0.25, 0.3) is 0 Å². The number of nitrogens with one attached hydrogen (secondary N) is 1. The highest BCUT2D eigenvalue weighted by Gasteiger charge is 2.15. The molecule has 2 rings (SSSR count). The van der Waals surface area contributed by atoms with Crippen molar-refractivity contribution in [3.8, 4) is 0 Å². The van der Waals surface area contributed by atoms with Crippen LogP contribution in [0.1, 0.15) is 20.8 Å². The van der Waals surface area contributed by atoms with Crippen molar-refractivity contribution in [1.29, 1.82) is 0 Å². The second-order valence-electron chi connectivity index (χ2n) is 5.64. The third-order valence-corrected chi connectivity index (χ3v) is 3.68. The molecule has 0 spiro atoms. The number of carbonyl (C=O) groups is 2. The second kappa shape index (κ2) is 7.31. The van der Waals surface area contributed by atoms with E-state index in [1.165, 1.54) is 4.90 Å². The minimum atomic E-state index is -0.357. The van der Waals surface area contributed by atoms with E-state index in [-0.39, 0.29) is 17.5 Å². The van der Waals surface area contributed by atoms with Gasteiger partial charge < -0.3 is 15.1 Å². The van der Waals surface area contributed by atoms with E-state index in [0.29, 0.717) is 16.3 Å². The molecule has 0 fully saturated rings. The highest BCUT2D eigenvalue weighted by Crippen LogP contribution is 2.22. The van der Waals surface area contributed by atoms with Gasteiger partial charge in [-0.1, -0.05) is 11.6 Å². The molecular formula is C17H19ClN4O2. The number of hydrogen-bond acceptors (Lipinski definition) is 4. The van der Waals surface area contributed by atoms with Gasteiger partial charge in [0.15, 0.2) is 0 Å². The molecule has 6 nitrogen and oxygen atoms in total. The van der Waals surface area contributed by atoms with E-state index < -0.39 is 0 Å². The molecule has 0 bridgehead atoms. The second-order valence-corrected chi connectivity index (χ2v) is 6.05. The first-order valence-corrected chi connectivity index (χ1v) is 7.63. The number of rotatable bonds is 4. The number of halogens is 1. The van der Waals surface area contributed by atoms with E-state index in [9.17, 15) is 9.59 Å². The molecule has 0 saturated heterocycles. The van der Waals surface area contributed by atoms with Crippen LogP contribution >= 0.6 is 11.6 Å². The van der Waals surface area contributed by atoms with Crippen LogP contribution in [0.15, 0.2) is 36.5 Å². The Labute approximate surface area is 146 Å². The first-order valence-electron chi connectivity index (χ1n) is 7.25. The number of benzene rings is 1. The molecule has 2 amide bonds. The summed E-state index contributed by atoms with van der Waals surface area (Å²) in [5.41, 5.74) is 1.97. The summed E-state index contributed by atoms with van der Waals surface area (Å²) in [6, 6.07) is 8.28. The van der Waals surface area contributed by atoms with Crippen LogP contribution in [0.3, 0.4) is 0 Å². The van der Waals surface area contributed by atoms with Gasteiger partial charge in [-0.05, 0) is 30.3 Å². The van der Waals surface area contributed by atoms with E-state index in [2.05, 4.69) is 10.3 Å². The smallest absolute Gasteiger partial charge is 0.274 e. The topological polar surface area (TPSA) is 65.5 Å². The molecule has 0 aliphatic rings. The number of aromatic nitrogens is 1. The lowest BCUT2D eigenvalue weighted by Gasteiger charge is -2.14. The van der Waals surface area contributed by atoms with Crippen molar-refractivity contribution >= 4 is 34.8 Å². The molecule has 0 radical (unpaired) electrons. The molecule has 2 aromatic rings. The molecule has 1 aromatic heterocycles. The number of anilines is 2. The molecule has 1 aromatic carbocycles. The summed E-state index contributed by atoms with van der Waals surface area (Å²) in [6.45, 7) is 0. The van der Waals surface area contributed by atoms with Gasteiger partial charge in [0.1, 0.15) is 5.69 Å². The van der Waals surface area contributed by atoms with Crippen LogP contribution < -0.4 is 10.2 Å². The van der Waals surface area contributed by atoms with Crippen molar-refractivity contribution in [2.24, 2.45) is 0 Å². The van der Waals surface area contributed by atoms with Crippen LogP contribution in [0.5, 0.6) is 0 Å². The lowest BCUT2D eigenvalue weighted by atomic mass is 10.1. The third kappa shape index (κ3) is 4.02. The zero-order valence-electron chi connectivity index (χ0n) is 14.0. The normalized spacial score (nSPS) is 10.2. The molecule has 24 heavy (non-hydrogen) atoms. The Morgan fingerprint density at radius 3 is 2.42 bits per heavy atom. The Bertz CT molecular complexity index is 775. The standard InChI is InChI=1S/C17H19ClN4O2/c1-21(2)12-7-8-19-15(10-12)16(23)20-11-5-6-14(18)13(9-11)17(24)22(3)4/h5-10H,1-4H3,(H,20,23). The number of pyridine rings is 1. The maximum atomic E-state index is 12.4. The van der Waals surface area contributed by atoms with Gasteiger partial charge in [-0.2, -0.15) is 0 Å². The van der Waals surface area contributed by atoms with Crippen LogP contribution in [0.4, 0.5) is 11.4 Å². The molecule has 7 heteroatoms. The fourth-order valence-corrected chi connectivity index (χ4v) is 2.22. The van der Waals surface area contributed by atoms with Crippen molar-refractivity contribution in [1.82, 2.24) is 9.88 Å². The average molecular weight is 347 g/mol. The first-order chi connectivity index (χ1) is 11.3. The van der Waals surface area contributed by atoms with Gasteiger partial charge in [0.2, 0.25) is 0 Å². The fraction of sp³-hybridized carbons (Fsp3) is 0.235. The van der Waals surface area contributed by atoms with E-state index >= 15 is 0 Å². The van der Waals surface area contributed by atoms with Crippen LogP contribution in [0.2, 0.25) is 5.02 Å². The zero-order chi connectivity index (χ0) is 17.9. The minimum Gasteiger partial charge on any atom is -0.378 e. The summed E-state index contributed by atoms with van der Waals surface area (Å²) in [5.74, 6) is -0.590. The monoisotopic (exact) mass is 346 g/mol. The molecule has 0 aliphatic heterocycles. The van der Waals surface area contributed by atoms with Gasteiger partial charge in [0.05, 0.1) is 10.6 Å².